The first kappa shape index (κ1) is 18.9. The highest BCUT2D eigenvalue weighted by atomic mass is 32.2. The van der Waals surface area contributed by atoms with Gasteiger partial charge in [-0.25, -0.2) is 12.7 Å². The van der Waals surface area contributed by atoms with Gasteiger partial charge in [-0.05, 0) is 49.5 Å². The topological polar surface area (TPSA) is 92.5 Å². The zero-order chi connectivity index (χ0) is 19.0. The highest BCUT2D eigenvalue weighted by molar-refractivity contribution is 7.88. The van der Waals surface area contributed by atoms with E-state index in [0.29, 0.717) is 37.8 Å². The van der Waals surface area contributed by atoms with E-state index in [1.54, 1.807) is 4.31 Å². The van der Waals surface area contributed by atoms with Crippen molar-refractivity contribution < 1.29 is 13.2 Å². The van der Waals surface area contributed by atoms with Crippen LogP contribution in [-0.2, 0) is 20.6 Å². The molecule has 0 spiro atoms. The molecule has 0 aromatic heterocycles. The molecule has 1 heterocycles. The Morgan fingerprint density at radius 2 is 1.74 bits per heavy atom. The maximum atomic E-state index is 12.7. The molecule has 7 heteroatoms. The molecule has 1 aromatic carbocycles. The van der Waals surface area contributed by atoms with Crippen LogP contribution in [0.2, 0.25) is 0 Å². The van der Waals surface area contributed by atoms with Crippen molar-refractivity contribution in [2.45, 2.75) is 49.9 Å². The van der Waals surface area contributed by atoms with Gasteiger partial charge >= 0.3 is 0 Å². The van der Waals surface area contributed by atoms with E-state index in [9.17, 15) is 13.2 Å². The number of piperidine rings is 1. The molecule has 4 unspecified atom stereocenters. The molecule has 1 amide bonds. The molecule has 2 aliphatic carbocycles. The largest absolute Gasteiger partial charge is 0.353 e. The van der Waals surface area contributed by atoms with Gasteiger partial charge in [0.25, 0.3) is 0 Å². The quantitative estimate of drug-likeness (QED) is 0.795. The molecule has 2 bridgehead atoms. The van der Waals surface area contributed by atoms with Gasteiger partial charge in [0.15, 0.2) is 0 Å². The van der Waals surface area contributed by atoms with Gasteiger partial charge in [0.05, 0.1) is 11.7 Å². The van der Waals surface area contributed by atoms with E-state index in [1.165, 1.54) is 0 Å². The van der Waals surface area contributed by atoms with Crippen molar-refractivity contribution in [1.82, 2.24) is 9.62 Å². The van der Waals surface area contributed by atoms with Crippen molar-refractivity contribution >= 4 is 15.9 Å². The van der Waals surface area contributed by atoms with Gasteiger partial charge < -0.3 is 11.1 Å². The molecule has 2 saturated carbocycles. The standard InChI is InChI=1S/C20H29N3O3S/c21-19-16-7-6-15(12-16)18(19)20(24)22-17-8-10-23(11-9-17)27(25,26)13-14-4-2-1-3-5-14/h1-5,15-19H,6-13,21H2,(H,22,24). The summed E-state index contributed by atoms with van der Waals surface area (Å²) in [6.45, 7) is 0.922. The van der Waals surface area contributed by atoms with Crippen LogP contribution in [0.25, 0.3) is 0 Å². The van der Waals surface area contributed by atoms with E-state index in [2.05, 4.69) is 5.32 Å². The molecule has 3 aliphatic rings. The van der Waals surface area contributed by atoms with Gasteiger partial charge in [0.1, 0.15) is 0 Å². The Bertz CT molecular complexity index is 773. The van der Waals surface area contributed by atoms with E-state index in [4.69, 9.17) is 5.73 Å². The molecule has 4 rings (SSSR count). The number of fused-ring (bicyclic) bond motifs is 2. The fraction of sp³-hybridized carbons (Fsp3) is 0.650. The summed E-state index contributed by atoms with van der Waals surface area (Å²) in [7, 11) is -3.32. The summed E-state index contributed by atoms with van der Waals surface area (Å²) < 4.78 is 26.9. The number of nitrogens with two attached hydrogens (primary N) is 1. The molecule has 3 N–H and O–H groups in total. The molecule has 6 nitrogen and oxygen atoms in total. The van der Waals surface area contributed by atoms with Gasteiger partial charge in [-0.2, -0.15) is 0 Å². The van der Waals surface area contributed by atoms with Crippen molar-refractivity contribution in [3.63, 3.8) is 0 Å². The van der Waals surface area contributed by atoms with Crippen molar-refractivity contribution in [2.24, 2.45) is 23.5 Å². The number of carbonyl (C=O) groups excluding carboxylic acids is 1. The smallest absolute Gasteiger partial charge is 0.225 e. The molecule has 4 atom stereocenters. The minimum Gasteiger partial charge on any atom is -0.353 e. The first-order valence-corrected chi connectivity index (χ1v) is 11.6. The Labute approximate surface area is 161 Å². The molecule has 27 heavy (non-hydrogen) atoms. The van der Waals surface area contributed by atoms with Gasteiger partial charge in [0, 0.05) is 25.2 Å². The Morgan fingerprint density at radius 3 is 2.37 bits per heavy atom. The van der Waals surface area contributed by atoms with Crippen LogP contribution in [0.1, 0.15) is 37.7 Å². The van der Waals surface area contributed by atoms with E-state index in [0.717, 1.165) is 24.8 Å². The fourth-order valence-corrected chi connectivity index (χ4v) is 6.74. The van der Waals surface area contributed by atoms with Crippen LogP contribution >= 0.6 is 0 Å². The second-order valence-corrected chi connectivity index (χ2v) is 10.3. The van der Waals surface area contributed by atoms with E-state index in [1.807, 2.05) is 30.3 Å². The lowest BCUT2D eigenvalue weighted by molar-refractivity contribution is -0.128. The summed E-state index contributed by atoms with van der Waals surface area (Å²) in [5, 5.41) is 3.16. The molecule has 1 saturated heterocycles. The van der Waals surface area contributed by atoms with Crippen molar-refractivity contribution in [3.05, 3.63) is 35.9 Å². The second kappa shape index (κ2) is 7.53. The van der Waals surface area contributed by atoms with Crippen LogP contribution in [0.4, 0.5) is 0 Å². The van der Waals surface area contributed by atoms with Crippen molar-refractivity contribution in [2.75, 3.05) is 13.1 Å². The average molecular weight is 392 g/mol. The Morgan fingerprint density at radius 1 is 1.07 bits per heavy atom. The highest BCUT2D eigenvalue weighted by Crippen LogP contribution is 2.47. The summed E-state index contributed by atoms with van der Waals surface area (Å²) in [5.74, 6) is 1.01. The number of rotatable bonds is 5. The Balaban J connectivity index is 1.29. The van der Waals surface area contributed by atoms with Crippen LogP contribution in [-0.4, -0.2) is 43.8 Å². The second-order valence-electron chi connectivity index (χ2n) is 8.36. The number of sulfonamides is 1. The normalized spacial score (nSPS) is 31.9. The van der Waals surface area contributed by atoms with Crippen molar-refractivity contribution in [1.29, 1.82) is 0 Å². The molecule has 0 radical (unpaired) electrons. The molecule has 1 aromatic rings. The first-order chi connectivity index (χ1) is 12.9. The predicted octanol–water partition coefficient (Wildman–Crippen LogP) is 1.47. The third kappa shape index (κ3) is 3.91. The number of nitrogens with zero attached hydrogens (tertiary/aromatic N) is 1. The van der Waals surface area contributed by atoms with Crippen LogP contribution in [0, 0.1) is 17.8 Å². The monoisotopic (exact) mass is 391 g/mol. The number of hydrogen-bond donors (Lipinski definition) is 2. The minimum atomic E-state index is -3.32. The van der Waals surface area contributed by atoms with Gasteiger partial charge in [-0.1, -0.05) is 30.3 Å². The lowest BCUT2D eigenvalue weighted by Gasteiger charge is -2.34. The lowest BCUT2D eigenvalue weighted by Crippen LogP contribution is -2.51. The summed E-state index contributed by atoms with van der Waals surface area (Å²) in [6, 6.07) is 9.31. The first-order valence-electron chi connectivity index (χ1n) is 10.0. The van der Waals surface area contributed by atoms with Crippen LogP contribution in [0.3, 0.4) is 0 Å². The van der Waals surface area contributed by atoms with Crippen LogP contribution in [0.15, 0.2) is 30.3 Å². The van der Waals surface area contributed by atoms with E-state index < -0.39 is 10.0 Å². The number of nitrogens with one attached hydrogen (secondary N) is 1. The van der Waals surface area contributed by atoms with Gasteiger partial charge in [0.2, 0.25) is 15.9 Å². The summed E-state index contributed by atoms with van der Waals surface area (Å²) in [4.78, 5) is 12.7. The number of amides is 1. The van der Waals surface area contributed by atoms with Gasteiger partial charge in [-0.15, -0.1) is 0 Å². The Kier molecular flexibility index (Phi) is 5.27. The zero-order valence-electron chi connectivity index (χ0n) is 15.6. The fourth-order valence-electron chi connectivity index (χ4n) is 5.18. The summed E-state index contributed by atoms with van der Waals surface area (Å²) >= 11 is 0. The SMILES string of the molecule is NC1C2CCC(C2)C1C(=O)NC1CCN(S(=O)(=O)Cc2ccccc2)CC1. The number of benzene rings is 1. The lowest BCUT2D eigenvalue weighted by atomic mass is 9.84. The predicted molar refractivity (Wildman–Crippen MR) is 104 cm³/mol. The minimum absolute atomic E-state index is 0.00455. The number of carbonyl (C=O) groups is 1. The third-order valence-electron chi connectivity index (χ3n) is 6.67. The van der Waals surface area contributed by atoms with Crippen LogP contribution < -0.4 is 11.1 Å². The van der Waals surface area contributed by atoms with Gasteiger partial charge in [-0.3, -0.25) is 4.79 Å². The molecular formula is C20H29N3O3S. The molecular weight excluding hydrogens is 362 g/mol. The molecule has 148 valence electrons. The number of hydrogen-bond acceptors (Lipinski definition) is 4. The maximum absolute atomic E-state index is 12.7. The third-order valence-corrected chi connectivity index (χ3v) is 8.52. The maximum Gasteiger partial charge on any atom is 0.225 e. The summed E-state index contributed by atoms with van der Waals surface area (Å²) in [6.07, 6.45) is 4.70. The van der Waals surface area contributed by atoms with E-state index in [-0.39, 0.29) is 29.7 Å². The van der Waals surface area contributed by atoms with Crippen LogP contribution in [0.5, 0.6) is 0 Å². The molecule has 3 fully saturated rings. The Hall–Kier alpha value is -1.44. The average Bonchev–Trinajstić information content (AvgIpc) is 3.24. The van der Waals surface area contributed by atoms with E-state index >= 15 is 0 Å². The molecule has 1 aliphatic heterocycles. The zero-order valence-corrected chi connectivity index (χ0v) is 16.4. The highest BCUT2D eigenvalue weighted by Gasteiger charge is 2.49. The van der Waals surface area contributed by atoms with Crippen molar-refractivity contribution in [3.8, 4) is 0 Å². The summed E-state index contributed by atoms with van der Waals surface area (Å²) in [5.41, 5.74) is 7.08.